The molecule has 0 unspecified atom stereocenters. The fourth-order valence-electron chi connectivity index (χ4n) is 3.19. The minimum atomic E-state index is -2.14. The molecule has 2 atom stereocenters. The minimum Gasteiger partial charge on any atom is -0.459 e. The van der Waals surface area contributed by atoms with Crippen LogP contribution in [0.25, 0.3) is 0 Å². The van der Waals surface area contributed by atoms with Gasteiger partial charge >= 0.3 is 11.7 Å². The number of piperidine rings is 1. The number of hydrogen-bond donors (Lipinski definition) is 2. The van der Waals surface area contributed by atoms with Gasteiger partial charge in [0.15, 0.2) is 6.61 Å². The van der Waals surface area contributed by atoms with Gasteiger partial charge in [0.05, 0.1) is 5.41 Å². The molecular weight excluding hydrogens is 333 g/mol. The van der Waals surface area contributed by atoms with Crippen molar-refractivity contribution < 1.29 is 18.7 Å². The molecule has 0 aromatic carbocycles. The first-order valence-corrected chi connectivity index (χ1v) is 8.38. The van der Waals surface area contributed by atoms with Crippen LogP contribution in [-0.4, -0.2) is 41.1 Å². The molecule has 8 nitrogen and oxygen atoms in total. The molecular formula is C16H22FN3O5. The van der Waals surface area contributed by atoms with Crippen LogP contribution in [0.15, 0.2) is 21.9 Å². The normalized spacial score (nSPS) is 28.6. The predicted molar refractivity (Wildman–Crippen MR) is 85.7 cm³/mol. The Bertz CT molecular complexity index is 755. The van der Waals surface area contributed by atoms with Crippen LogP contribution in [0.1, 0.15) is 38.8 Å². The molecule has 138 valence electrons. The van der Waals surface area contributed by atoms with E-state index in [1.54, 1.807) is 0 Å². The standard InChI is InChI=1S/C16H22FN3O5/c1-15(5-7-18-8-6-15)13(22)24-10-16(17)4-2-12(25-16)20-9-3-11(21)19-14(20)23/h3,9,12,18H,2,4-8,10H2,1H3,(H,19,21,23)/t12-,16+/m1/s1. The van der Waals surface area contributed by atoms with Crippen molar-refractivity contribution in [2.75, 3.05) is 19.7 Å². The number of H-pyrrole nitrogens is 1. The number of esters is 1. The Balaban J connectivity index is 1.61. The highest BCUT2D eigenvalue weighted by Crippen LogP contribution is 2.38. The van der Waals surface area contributed by atoms with Gasteiger partial charge in [-0.05, 0) is 39.3 Å². The zero-order valence-electron chi connectivity index (χ0n) is 14.0. The van der Waals surface area contributed by atoms with E-state index in [0.717, 1.165) is 17.7 Å². The van der Waals surface area contributed by atoms with Gasteiger partial charge in [-0.2, -0.15) is 0 Å². The second-order valence-electron chi connectivity index (χ2n) is 6.90. The summed E-state index contributed by atoms with van der Waals surface area (Å²) in [7, 11) is 0. The minimum absolute atomic E-state index is 0.00518. The summed E-state index contributed by atoms with van der Waals surface area (Å²) in [4.78, 5) is 37.3. The van der Waals surface area contributed by atoms with Crippen molar-refractivity contribution in [1.82, 2.24) is 14.9 Å². The molecule has 3 rings (SSSR count). The third-order valence-corrected chi connectivity index (χ3v) is 4.89. The van der Waals surface area contributed by atoms with Crippen LogP contribution in [0.4, 0.5) is 4.39 Å². The van der Waals surface area contributed by atoms with Crippen molar-refractivity contribution in [1.29, 1.82) is 0 Å². The van der Waals surface area contributed by atoms with E-state index in [1.165, 1.54) is 12.3 Å². The van der Waals surface area contributed by atoms with Gasteiger partial charge < -0.3 is 14.8 Å². The Kier molecular flexibility index (Phi) is 4.79. The van der Waals surface area contributed by atoms with Crippen LogP contribution < -0.4 is 16.6 Å². The number of carbonyl (C=O) groups is 1. The molecule has 2 aliphatic rings. The third kappa shape index (κ3) is 3.82. The topological polar surface area (TPSA) is 102 Å². The Morgan fingerprint density at radius 3 is 2.80 bits per heavy atom. The van der Waals surface area contributed by atoms with Crippen LogP contribution in [0.3, 0.4) is 0 Å². The molecule has 1 aromatic heterocycles. The van der Waals surface area contributed by atoms with E-state index >= 15 is 0 Å². The molecule has 3 heterocycles. The van der Waals surface area contributed by atoms with Crippen LogP contribution in [0.2, 0.25) is 0 Å². The number of carbonyl (C=O) groups excluding carboxylic acids is 1. The highest BCUT2D eigenvalue weighted by Gasteiger charge is 2.44. The van der Waals surface area contributed by atoms with E-state index in [9.17, 15) is 18.8 Å². The van der Waals surface area contributed by atoms with Gasteiger partial charge in [0, 0.05) is 18.7 Å². The highest BCUT2D eigenvalue weighted by molar-refractivity contribution is 5.76. The van der Waals surface area contributed by atoms with Gasteiger partial charge in [-0.1, -0.05) is 0 Å². The van der Waals surface area contributed by atoms with Gasteiger partial charge in [0.2, 0.25) is 5.85 Å². The summed E-state index contributed by atoms with van der Waals surface area (Å²) in [5.74, 6) is -2.57. The summed E-state index contributed by atoms with van der Waals surface area (Å²) in [5, 5.41) is 3.17. The molecule has 9 heteroatoms. The predicted octanol–water partition coefficient (Wildman–Crippen LogP) is 0.444. The summed E-state index contributed by atoms with van der Waals surface area (Å²) >= 11 is 0. The van der Waals surface area contributed by atoms with Crippen LogP contribution in [-0.2, 0) is 14.3 Å². The molecule has 2 aliphatic heterocycles. The van der Waals surface area contributed by atoms with Crippen molar-refractivity contribution in [3.8, 4) is 0 Å². The van der Waals surface area contributed by atoms with Gasteiger partial charge in [0.1, 0.15) is 6.23 Å². The summed E-state index contributed by atoms with van der Waals surface area (Å²) in [6.07, 6.45) is 1.93. The third-order valence-electron chi connectivity index (χ3n) is 4.89. The van der Waals surface area contributed by atoms with E-state index < -0.39 is 41.3 Å². The number of nitrogens with zero attached hydrogens (tertiary/aromatic N) is 1. The van der Waals surface area contributed by atoms with E-state index in [-0.39, 0.29) is 12.8 Å². The lowest BCUT2D eigenvalue weighted by Gasteiger charge is -2.32. The van der Waals surface area contributed by atoms with Crippen molar-refractivity contribution >= 4 is 5.97 Å². The fraction of sp³-hybridized carbons (Fsp3) is 0.688. The summed E-state index contributed by atoms with van der Waals surface area (Å²) in [6, 6.07) is 1.17. The number of alkyl halides is 1. The lowest BCUT2D eigenvalue weighted by atomic mass is 9.81. The second kappa shape index (κ2) is 6.72. The first-order valence-electron chi connectivity index (χ1n) is 8.38. The maximum atomic E-state index is 14.8. The van der Waals surface area contributed by atoms with Gasteiger partial charge in [-0.15, -0.1) is 0 Å². The maximum Gasteiger partial charge on any atom is 0.330 e. The smallest absolute Gasteiger partial charge is 0.330 e. The number of aromatic nitrogens is 2. The van der Waals surface area contributed by atoms with Crippen LogP contribution >= 0.6 is 0 Å². The van der Waals surface area contributed by atoms with Crippen molar-refractivity contribution in [2.45, 2.75) is 44.7 Å². The van der Waals surface area contributed by atoms with Crippen LogP contribution in [0.5, 0.6) is 0 Å². The quantitative estimate of drug-likeness (QED) is 0.760. The molecule has 0 bridgehead atoms. The van der Waals surface area contributed by atoms with Gasteiger partial charge in [0.25, 0.3) is 5.56 Å². The number of aromatic amines is 1. The monoisotopic (exact) mass is 355 g/mol. The first-order chi connectivity index (χ1) is 11.8. The lowest BCUT2D eigenvalue weighted by Crippen LogP contribution is -2.42. The number of ether oxygens (including phenoxy) is 2. The first kappa shape index (κ1) is 17.8. The molecule has 2 saturated heterocycles. The lowest BCUT2D eigenvalue weighted by molar-refractivity contribution is -0.199. The molecule has 0 radical (unpaired) electrons. The molecule has 1 aromatic rings. The van der Waals surface area contributed by atoms with E-state index in [4.69, 9.17) is 9.47 Å². The SMILES string of the molecule is CC1(C(=O)OC[C@]2(F)CC[C@H](n3ccc(=O)[nH]c3=O)O2)CCNCC1. The molecule has 0 spiro atoms. The summed E-state index contributed by atoms with van der Waals surface area (Å²) < 4.78 is 26.4. The largest absolute Gasteiger partial charge is 0.459 e. The molecule has 2 N–H and O–H groups in total. The number of rotatable bonds is 4. The number of hydrogen-bond acceptors (Lipinski definition) is 6. The van der Waals surface area contributed by atoms with Crippen LogP contribution in [0, 0.1) is 5.41 Å². The molecule has 0 saturated carbocycles. The Morgan fingerprint density at radius 2 is 2.12 bits per heavy atom. The van der Waals surface area contributed by atoms with Crippen molar-refractivity contribution in [3.05, 3.63) is 33.1 Å². The van der Waals surface area contributed by atoms with Crippen molar-refractivity contribution in [3.63, 3.8) is 0 Å². The Hall–Kier alpha value is -2.00. The van der Waals surface area contributed by atoms with Gasteiger partial charge in [-0.3, -0.25) is 19.1 Å². The number of nitrogens with one attached hydrogen (secondary N) is 2. The Labute approximate surface area is 143 Å². The Morgan fingerprint density at radius 1 is 1.40 bits per heavy atom. The van der Waals surface area contributed by atoms with E-state index in [0.29, 0.717) is 12.8 Å². The van der Waals surface area contributed by atoms with E-state index in [2.05, 4.69) is 10.3 Å². The zero-order chi connectivity index (χ0) is 18.1. The summed E-state index contributed by atoms with van der Waals surface area (Å²) in [5.41, 5.74) is -1.81. The molecule has 2 fully saturated rings. The highest BCUT2D eigenvalue weighted by atomic mass is 19.2. The van der Waals surface area contributed by atoms with E-state index in [1.807, 2.05) is 6.92 Å². The fourth-order valence-corrected chi connectivity index (χ4v) is 3.19. The average molecular weight is 355 g/mol. The molecule has 0 amide bonds. The molecule has 0 aliphatic carbocycles. The number of halogens is 1. The second-order valence-corrected chi connectivity index (χ2v) is 6.90. The van der Waals surface area contributed by atoms with Gasteiger partial charge in [-0.25, -0.2) is 9.18 Å². The zero-order valence-corrected chi connectivity index (χ0v) is 14.0. The molecule has 25 heavy (non-hydrogen) atoms. The summed E-state index contributed by atoms with van der Waals surface area (Å²) in [6.45, 7) is 2.75. The van der Waals surface area contributed by atoms with Crippen molar-refractivity contribution in [2.24, 2.45) is 5.41 Å². The maximum absolute atomic E-state index is 14.8. The average Bonchev–Trinajstić information content (AvgIpc) is 2.96.